The second kappa shape index (κ2) is 12.2. The van der Waals surface area contributed by atoms with E-state index < -0.39 is 0 Å². The van der Waals surface area contributed by atoms with Crippen LogP contribution in [0.25, 0.3) is 0 Å². The quantitative estimate of drug-likeness (QED) is 0.547. The molecular weight excluding hydrogens is 376 g/mol. The number of carbonyl (C=O) groups excluding carboxylic acids is 2. The van der Waals surface area contributed by atoms with Gasteiger partial charge >= 0.3 is 17.1 Å². The van der Waals surface area contributed by atoms with E-state index >= 15 is 0 Å². The summed E-state index contributed by atoms with van der Waals surface area (Å²) < 4.78 is 0. The fraction of sp³-hybridized carbons (Fsp3) is 0.222. The van der Waals surface area contributed by atoms with Gasteiger partial charge in [-0.3, -0.25) is 9.59 Å². The molecule has 0 saturated heterocycles. The Morgan fingerprint density at radius 3 is 1.20 bits per heavy atom. The fourth-order valence-electron chi connectivity index (χ4n) is 1.84. The molecule has 0 aromatic heterocycles. The van der Waals surface area contributed by atoms with E-state index in [9.17, 15) is 19.8 Å². The summed E-state index contributed by atoms with van der Waals surface area (Å²) in [4.78, 5) is 21.6. The predicted octanol–water partition coefficient (Wildman–Crippen LogP) is 0.891. The molecule has 0 aliphatic carbocycles. The van der Waals surface area contributed by atoms with Crippen molar-refractivity contribution in [1.29, 1.82) is 0 Å². The van der Waals surface area contributed by atoms with Crippen molar-refractivity contribution >= 4 is 11.6 Å². The van der Waals surface area contributed by atoms with Crippen LogP contribution < -0.4 is 10.2 Å². The van der Waals surface area contributed by atoms with Crippen LogP contribution >= 0.6 is 0 Å². The van der Waals surface area contributed by atoms with Gasteiger partial charge in [-0.05, 0) is 39.8 Å². The first-order chi connectivity index (χ1) is 10.2. The molecule has 6 nitrogen and oxygen atoms in total. The zero-order valence-corrected chi connectivity index (χ0v) is 15.3. The Bertz CT molecular complexity index is 651. The van der Waals surface area contributed by atoms with E-state index in [-0.39, 0.29) is 62.2 Å². The van der Waals surface area contributed by atoms with E-state index in [2.05, 4.69) is 0 Å². The van der Waals surface area contributed by atoms with E-state index in [1.165, 1.54) is 26.0 Å². The maximum atomic E-state index is 11.0. The second-order valence-corrected chi connectivity index (χ2v) is 5.11. The Hall–Kier alpha value is -2.18. The normalized spacial score (nSPS) is 8.48. The first kappa shape index (κ1) is 27.7. The molecule has 0 heterocycles. The van der Waals surface area contributed by atoms with Crippen LogP contribution in [0.15, 0.2) is 36.4 Å². The summed E-state index contributed by atoms with van der Waals surface area (Å²) in [5, 5.41) is 22.0. The first-order valence-corrected chi connectivity index (χ1v) is 6.79. The minimum atomic E-state index is -0.192. The number of Topliss-reactive ketones (excluding diaryl/α,β-unsaturated/α-hetero) is 2. The molecule has 141 valence electrons. The van der Waals surface area contributed by atoms with Gasteiger partial charge in [-0.25, -0.2) is 0 Å². The molecule has 25 heavy (non-hydrogen) atoms. The second-order valence-electron chi connectivity index (χ2n) is 5.11. The molecule has 2 aromatic carbocycles. The summed E-state index contributed by atoms with van der Waals surface area (Å²) in [6.45, 7) is 6.50. The molecule has 0 bridgehead atoms. The van der Waals surface area contributed by atoms with Crippen LogP contribution in [0, 0.1) is 13.8 Å². The van der Waals surface area contributed by atoms with E-state index in [1.807, 2.05) is 13.8 Å². The van der Waals surface area contributed by atoms with Gasteiger partial charge in [0.15, 0.2) is 11.6 Å². The summed E-state index contributed by atoms with van der Waals surface area (Å²) in [5.41, 5.74) is 2.44. The van der Waals surface area contributed by atoms with Crippen molar-refractivity contribution in [3.05, 3.63) is 58.7 Å². The number of hydrogen-bond acceptors (Lipinski definition) is 4. The summed E-state index contributed by atoms with van der Waals surface area (Å²) in [7, 11) is 0. The maximum absolute atomic E-state index is 11.0. The summed E-state index contributed by atoms with van der Waals surface area (Å²) in [5.74, 6) is -0.719. The first-order valence-electron chi connectivity index (χ1n) is 6.79. The van der Waals surface area contributed by atoms with E-state index in [4.69, 9.17) is 0 Å². The SMILES string of the molecule is CC(=O)c1cc(C)ccc1[O-].CC(=O)c1cc(C)ccc1[O-].O.O.[Cu+2]. The number of hydrogen-bond donors (Lipinski definition) is 0. The third-order valence-electron chi connectivity index (χ3n) is 3.03. The summed E-state index contributed by atoms with van der Waals surface area (Å²) in [6, 6.07) is 9.48. The van der Waals surface area contributed by atoms with Crippen molar-refractivity contribution in [1.82, 2.24) is 0 Å². The molecule has 0 aliphatic rings. The fourth-order valence-corrected chi connectivity index (χ4v) is 1.84. The van der Waals surface area contributed by atoms with Gasteiger partial charge in [-0.1, -0.05) is 46.9 Å². The topological polar surface area (TPSA) is 143 Å². The van der Waals surface area contributed by atoms with Gasteiger partial charge in [0.05, 0.1) is 0 Å². The Kier molecular flexibility index (Phi) is 13.5. The van der Waals surface area contributed by atoms with Crippen LogP contribution in [-0.4, -0.2) is 22.5 Å². The Balaban J connectivity index is -0.000000346. The van der Waals surface area contributed by atoms with Crippen molar-refractivity contribution in [2.24, 2.45) is 0 Å². The van der Waals surface area contributed by atoms with Crippen molar-refractivity contribution < 1.29 is 47.8 Å². The van der Waals surface area contributed by atoms with Crippen LogP contribution in [-0.2, 0) is 17.1 Å². The largest absolute Gasteiger partial charge is 2.00 e. The van der Waals surface area contributed by atoms with E-state index in [0.717, 1.165) is 11.1 Å². The van der Waals surface area contributed by atoms with Crippen molar-refractivity contribution in [3.63, 3.8) is 0 Å². The molecule has 7 heteroatoms. The van der Waals surface area contributed by atoms with Gasteiger partial charge in [0.2, 0.25) is 0 Å². The van der Waals surface area contributed by atoms with Crippen molar-refractivity contribution in [3.8, 4) is 11.5 Å². The van der Waals surface area contributed by atoms with Gasteiger partial charge < -0.3 is 21.2 Å². The van der Waals surface area contributed by atoms with Gasteiger partial charge in [-0.2, -0.15) is 0 Å². The number of benzene rings is 2. The molecule has 1 radical (unpaired) electrons. The van der Waals surface area contributed by atoms with Crippen LogP contribution in [0.3, 0.4) is 0 Å². The number of carbonyl (C=O) groups is 2. The molecule has 0 aliphatic heterocycles. The Morgan fingerprint density at radius 2 is 1.00 bits per heavy atom. The zero-order valence-electron chi connectivity index (χ0n) is 14.4. The number of ketones is 2. The predicted molar refractivity (Wildman–Crippen MR) is 88.5 cm³/mol. The summed E-state index contributed by atoms with van der Waals surface area (Å²) in [6.07, 6.45) is 0. The monoisotopic (exact) mass is 397 g/mol. The van der Waals surface area contributed by atoms with E-state index in [0.29, 0.717) is 0 Å². The average Bonchev–Trinajstić information content (AvgIpc) is 2.44. The van der Waals surface area contributed by atoms with Crippen LogP contribution in [0.4, 0.5) is 0 Å². The molecule has 0 spiro atoms. The number of aryl methyl sites for hydroxylation is 2. The average molecular weight is 398 g/mol. The summed E-state index contributed by atoms with van der Waals surface area (Å²) >= 11 is 0. The zero-order chi connectivity index (χ0) is 16.9. The van der Waals surface area contributed by atoms with Gasteiger partial charge in [0.1, 0.15) is 0 Å². The smallest absolute Gasteiger partial charge is 0.872 e. The molecule has 0 atom stereocenters. The minimum Gasteiger partial charge on any atom is -0.872 e. The van der Waals surface area contributed by atoms with Crippen LogP contribution in [0.1, 0.15) is 45.7 Å². The van der Waals surface area contributed by atoms with Crippen molar-refractivity contribution in [2.75, 3.05) is 0 Å². The number of rotatable bonds is 2. The van der Waals surface area contributed by atoms with E-state index in [1.54, 1.807) is 24.3 Å². The third-order valence-corrected chi connectivity index (χ3v) is 3.03. The minimum absolute atomic E-state index is 0. The van der Waals surface area contributed by atoms with Gasteiger partial charge in [0, 0.05) is 11.1 Å². The molecule has 4 N–H and O–H groups in total. The molecule has 0 amide bonds. The molecule has 0 fully saturated rings. The standard InChI is InChI=1S/2C9H10O2.Cu.2H2O/c2*1-6-3-4-9(11)8(5-6)7(2)10;;;/h2*3-5,11H,1-2H3;;2*1H2/q;;+2;;/p-2. The maximum Gasteiger partial charge on any atom is 2.00 e. The Labute approximate surface area is 157 Å². The van der Waals surface area contributed by atoms with Crippen LogP contribution in [0.5, 0.6) is 11.5 Å². The van der Waals surface area contributed by atoms with Gasteiger partial charge in [0.25, 0.3) is 0 Å². The molecule has 2 aromatic rings. The van der Waals surface area contributed by atoms with Gasteiger partial charge in [-0.15, -0.1) is 0 Å². The Morgan fingerprint density at radius 1 is 0.720 bits per heavy atom. The van der Waals surface area contributed by atoms with Crippen molar-refractivity contribution in [2.45, 2.75) is 27.7 Å². The third kappa shape index (κ3) is 8.47. The molecule has 2 rings (SSSR count). The molecule has 0 saturated carbocycles. The molecular formula is C18H22CuO6. The van der Waals surface area contributed by atoms with Crippen LogP contribution in [0.2, 0.25) is 0 Å². The molecule has 0 unspecified atom stereocenters.